The van der Waals surface area contributed by atoms with Gasteiger partial charge in [0.15, 0.2) is 0 Å². The zero-order chi connectivity index (χ0) is 20.1. The van der Waals surface area contributed by atoms with Crippen molar-refractivity contribution < 1.29 is 24.2 Å². The van der Waals surface area contributed by atoms with Gasteiger partial charge in [-0.2, -0.15) is 0 Å². The van der Waals surface area contributed by atoms with Crippen LogP contribution in [0.5, 0.6) is 0 Å². The fourth-order valence-corrected chi connectivity index (χ4v) is 2.38. The Balaban J connectivity index is 2.55. The Labute approximate surface area is 159 Å². The van der Waals surface area contributed by atoms with Crippen molar-refractivity contribution in [3.63, 3.8) is 0 Å². The maximum atomic E-state index is 12.3. The van der Waals surface area contributed by atoms with Gasteiger partial charge in [-0.05, 0) is 30.7 Å². The minimum atomic E-state index is -0.389. The van der Waals surface area contributed by atoms with Gasteiger partial charge in [-0.1, -0.05) is 19.8 Å². The van der Waals surface area contributed by atoms with E-state index in [0.717, 1.165) is 19.3 Å². The molecule has 0 atom stereocenters. The minimum Gasteiger partial charge on any atom is -0.469 e. The number of hydrogen-bond donors (Lipinski definition) is 3. The number of carbonyl (C=O) groups excluding carboxylic acids is 3. The van der Waals surface area contributed by atoms with E-state index in [1.54, 1.807) is 29.2 Å². The van der Waals surface area contributed by atoms with Crippen LogP contribution in [-0.4, -0.2) is 61.3 Å². The van der Waals surface area contributed by atoms with Crippen molar-refractivity contribution >= 4 is 23.6 Å². The fraction of sp³-hybridized carbons (Fsp3) is 0.526. The predicted octanol–water partition coefficient (Wildman–Crippen LogP) is 2.00. The normalized spacial score (nSPS) is 10.2. The molecule has 8 heteroatoms. The highest BCUT2D eigenvalue weighted by Gasteiger charge is 2.13. The Bertz CT molecular complexity index is 604. The molecule has 0 aliphatic heterocycles. The molecule has 0 aliphatic carbocycles. The van der Waals surface area contributed by atoms with Crippen molar-refractivity contribution in [2.45, 2.75) is 32.6 Å². The summed E-state index contributed by atoms with van der Waals surface area (Å²) in [5, 5.41) is 14.5. The van der Waals surface area contributed by atoms with Gasteiger partial charge in [-0.25, -0.2) is 4.79 Å². The van der Waals surface area contributed by atoms with Crippen LogP contribution in [0, 0.1) is 0 Å². The van der Waals surface area contributed by atoms with Crippen molar-refractivity contribution in [2.75, 3.05) is 38.7 Å². The number of amides is 3. The van der Waals surface area contributed by atoms with Crippen molar-refractivity contribution in [3.05, 3.63) is 29.8 Å². The highest BCUT2D eigenvalue weighted by molar-refractivity contribution is 5.95. The number of ether oxygens (including phenoxy) is 1. The van der Waals surface area contributed by atoms with Gasteiger partial charge < -0.3 is 25.4 Å². The Morgan fingerprint density at radius 3 is 2.41 bits per heavy atom. The van der Waals surface area contributed by atoms with Gasteiger partial charge in [0.1, 0.15) is 0 Å². The van der Waals surface area contributed by atoms with Crippen LogP contribution < -0.4 is 10.6 Å². The van der Waals surface area contributed by atoms with Crippen molar-refractivity contribution in [1.29, 1.82) is 0 Å². The molecular weight excluding hydrogens is 350 g/mol. The second-order valence-corrected chi connectivity index (χ2v) is 6.01. The monoisotopic (exact) mass is 379 g/mol. The molecule has 27 heavy (non-hydrogen) atoms. The molecule has 1 aromatic rings. The third-order valence-electron chi connectivity index (χ3n) is 3.93. The number of anilines is 1. The number of aliphatic hydroxyl groups is 1. The van der Waals surface area contributed by atoms with Gasteiger partial charge >= 0.3 is 12.0 Å². The van der Waals surface area contributed by atoms with E-state index in [1.165, 1.54) is 7.11 Å². The van der Waals surface area contributed by atoms with Crippen LogP contribution in [0.4, 0.5) is 10.5 Å². The molecule has 0 spiro atoms. The third kappa shape index (κ3) is 8.54. The van der Waals surface area contributed by atoms with Crippen LogP contribution in [0.1, 0.15) is 43.0 Å². The van der Waals surface area contributed by atoms with E-state index in [-0.39, 0.29) is 44.0 Å². The van der Waals surface area contributed by atoms with Gasteiger partial charge in [0.25, 0.3) is 5.91 Å². The number of hydrogen-bond acceptors (Lipinski definition) is 5. The average Bonchev–Trinajstić information content (AvgIpc) is 2.67. The maximum Gasteiger partial charge on any atom is 0.321 e. The predicted molar refractivity (Wildman–Crippen MR) is 103 cm³/mol. The van der Waals surface area contributed by atoms with Crippen LogP contribution in [0.3, 0.4) is 0 Å². The molecule has 1 aromatic carbocycles. The summed E-state index contributed by atoms with van der Waals surface area (Å²) in [7, 11) is 1.29. The van der Waals surface area contributed by atoms with E-state index in [4.69, 9.17) is 5.11 Å². The average molecular weight is 379 g/mol. The number of unbranched alkanes of at least 4 members (excludes halogenated alkanes) is 2. The lowest BCUT2D eigenvalue weighted by Crippen LogP contribution is -2.37. The van der Waals surface area contributed by atoms with Gasteiger partial charge in [-0.3, -0.25) is 9.59 Å². The van der Waals surface area contributed by atoms with Gasteiger partial charge in [0.05, 0.1) is 20.1 Å². The van der Waals surface area contributed by atoms with E-state index < -0.39 is 0 Å². The molecule has 0 saturated heterocycles. The SMILES string of the molecule is CCCCCN(CCO)C(=O)Nc1ccc(C(=O)NCCC(=O)OC)cc1. The molecule has 0 heterocycles. The van der Waals surface area contributed by atoms with Crippen LogP contribution in [0.15, 0.2) is 24.3 Å². The summed E-state index contributed by atoms with van der Waals surface area (Å²) in [5.41, 5.74) is 0.984. The van der Waals surface area contributed by atoms with E-state index in [2.05, 4.69) is 22.3 Å². The Morgan fingerprint density at radius 1 is 1.11 bits per heavy atom. The molecule has 3 amide bonds. The number of esters is 1. The molecule has 0 fully saturated rings. The van der Waals surface area contributed by atoms with Crippen LogP contribution in [-0.2, 0) is 9.53 Å². The molecule has 3 N–H and O–H groups in total. The molecule has 0 saturated carbocycles. The third-order valence-corrected chi connectivity index (χ3v) is 3.93. The molecule has 0 bridgehead atoms. The van der Waals surface area contributed by atoms with Gasteiger partial charge in [-0.15, -0.1) is 0 Å². The second-order valence-electron chi connectivity index (χ2n) is 6.01. The lowest BCUT2D eigenvalue weighted by molar-refractivity contribution is -0.140. The van der Waals surface area contributed by atoms with Crippen molar-refractivity contribution in [2.24, 2.45) is 0 Å². The van der Waals surface area contributed by atoms with Crippen LogP contribution >= 0.6 is 0 Å². The largest absolute Gasteiger partial charge is 0.469 e. The molecule has 0 radical (unpaired) electrons. The zero-order valence-corrected chi connectivity index (χ0v) is 16.0. The molecule has 0 unspecified atom stereocenters. The summed E-state index contributed by atoms with van der Waals surface area (Å²) in [4.78, 5) is 36.9. The topological polar surface area (TPSA) is 108 Å². The lowest BCUT2D eigenvalue weighted by Gasteiger charge is -2.22. The number of rotatable bonds is 11. The number of aliphatic hydroxyl groups excluding tert-OH is 1. The number of nitrogens with one attached hydrogen (secondary N) is 2. The molecular formula is C19H29N3O5. The van der Waals surface area contributed by atoms with E-state index >= 15 is 0 Å². The van der Waals surface area contributed by atoms with Gasteiger partial charge in [0, 0.05) is 30.9 Å². The first-order valence-corrected chi connectivity index (χ1v) is 9.13. The standard InChI is InChI=1S/C19H29N3O5/c1-3-4-5-12-22(13-14-23)19(26)21-16-8-6-15(7-9-16)18(25)20-11-10-17(24)27-2/h6-9,23H,3-5,10-14H2,1-2H3,(H,20,25)(H,21,26). The number of nitrogens with zero attached hydrogens (tertiary/aromatic N) is 1. The Kier molecular flexibility index (Phi) is 10.5. The summed E-state index contributed by atoms with van der Waals surface area (Å²) in [6.45, 7) is 3.04. The van der Waals surface area contributed by atoms with E-state index in [1.807, 2.05) is 0 Å². The molecule has 1 rings (SSSR count). The summed E-state index contributed by atoms with van der Waals surface area (Å²) in [5.74, 6) is -0.696. The van der Waals surface area contributed by atoms with Crippen molar-refractivity contribution in [3.8, 4) is 0 Å². The summed E-state index contributed by atoms with van der Waals surface area (Å²) in [6.07, 6.45) is 3.07. The van der Waals surface area contributed by atoms with E-state index in [9.17, 15) is 14.4 Å². The number of benzene rings is 1. The Morgan fingerprint density at radius 2 is 1.81 bits per heavy atom. The number of urea groups is 1. The number of carbonyl (C=O) groups is 3. The quantitative estimate of drug-likeness (QED) is 0.403. The molecule has 150 valence electrons. The first kappa shape index (κ1) is 22.4. The summed E-state index contributed by atoms with van der Waals surface area (Å²) in [6, 6.07) is 6.18. The fourth-order valence-electron chi connectivity index (χ4n) is 2.38. The van der Waals surface area contributed by atoms with Crippen molar-refractivity contribution in [1.82, 2.24) is 10.2 Å². The smallest absolute Gasteiger partial charge is 0.321 e. The molecule has 8 nitrogen and oxygen atoms in total. The maximum absolute atomic E-state index is 12.3. The summed E-state index contributed by atoms with van der Waals surface area (Å²) >= 11 is 0. The van der Waals surface area contributed by atoms with Gasteiger partial charge in [0.2, 0.25) is 0 Å². The number of methoxy groups -OCH3 is 1. The first-order valence-electron chi connectivity index (χ1n) is 9.13. The van der Waals surface area contributed by atoms with Crippen LogP contribution in [0.2, 0.25) is 0 Å². The van der Waals surface area contributed by atoms with E-state index in [0.29, 0.717) is 17.8 Å². The zero-order valence-electron chi connectivity index (χ0n) is 16.0. The minimum absolute atomic E-state index is 0.0930. The first-order chi connectivity index (χ1) is 13.0. The Hall–Kier alpha value is -2.61. The highest BCUT2D eigenvalue weighted by atomic mass is 16.5. The molecule has 0 aromatic heterocycles. The summed E-state index contributed by atoms with van der Waals surface area (Å²) < 4.78 is 4.51. The highest BCUT2D eigenvalue weighted by Crippen LogP contribution is 2.11. The van der Waals surface area contributed by atoms with Crippen LogP contribution in [0.25, 0.3) is 0 Å². The second kappa shape index (κ2) is 12.7. The lowest BCUT2D eigenvalue weighted by atomic mass is 10.2. The molecule has 0 aliphatic rings.